The maximum absolute atomic E-state index is 13.8. The molecule has 7 heteroatoms. The Morgan fingerprint density at radius 2 is 1.82 bits per heavy atom. The number of Topliss-reactive ketones (excluding diaryl/α,β-unsaturated/α-hetero) is 1. The van der Waals surface area contributed by atoms with Gasteiger partial charge >= 0.3 is 6.03 Å². The number of hydrogen-bond donors (Lipinski definition) is 1. The first-order chi connectivity index (χ1) is 16.5. The van der Waals surface area contributed by atoms with Gasteiger partial charge in [-0.2, -0.15) is 0 Å². The lowest BCUT2D eigenvalue weighted by Crippen LogP contribution is -2.46. The van der Waals surface area contributed by atoms with Crippen molar-refractivity contribution in [3.8, 4) is 11.3 Å². The van der Waals surface area contributed by atoms with E-state index in [1.54, 1.807) is 11.3 Å². The first-order valence-electron chi connectivity index (χ1n) is 11.4. The smallest absolute Gasteiger partial charge is 0.325 e. The number of carbonyl (C=O) groups excluding carboxylic acids is 3. The molecule has 2 aromatic heterocycles. The highest BCUT2D eigenvalue weighted by atomic mass is 32.1. The minimum atomic E-state index is -1.05. The van der Waals surface area contributed by atoms with Crippen molar-refractivity contribution in [3.63, 3.8) is 0 Å². The van der Waals surface area contributed by atoms with Crippen molar-refractivity contribution in [2.24, 2.45) is 7.05 Å². The van der Waals surface area contributed by atoms with E-state index >= 15 is 0 Å². The molecule has 1 aliphatic carbocycles. The first kappa shape index (κ1) is 20.9. The van der Waals surface area contributed by atoms with Crippen molar-refractivity contribution in [3.05, 3.63) is 82.0 Å². The van der Waals surface area contributed by atoms with E-state index in [1.807, 2.05) is 77.7 Å². The highest BCUT2D eigenvalue weighted by Crippen LogP contribution is 2.42. The number of nitrogens with zero attached hydrogens (tertiary/aromatic N) is 2. The van der Waals surface area contributed by atoms with E-state index in [0.717, 1.165) is 50.3 Å². The third-order valence-electron chi connectivity index (χ3n) is 7.07. The van der Waals surface area contributed by atoms with E-state index in [-0.39, 0.29) is 18.2 Å². The van der Waals surface area contributed by atoms with Crippen LogP contribution < -0.4 is 5.32 Å². The van der Waals surface area contributed by atoms with Crippen LogP contribution in [0.25, 0.3) is 22.2 Å². The molecule has 3 heterocycles. The summed E-state index contributed by atoms with van der Waals surface area (Å²) in [5.41, 5.74) is 2.98. The van der Waals surface area contributed by atoms with Gasteiger partial charge in [0.1, 0.15) is 5.54 Å². The number of aromatic nitrogens is 1. The van der Waals surface area contributed by atoms with Gasteiger partial charge in [0, 0.05) is 28.4 Å². The molecule has 0 saturated carbocycles. The molecule has 4 aromatic rings. The Balaban J connectivity index is 1.41. The van der Waals surface area contributed by atoms with Gasteiger partial charge in [0.2, 0.25) is 0 Å². The maximum Gasteiger partial charge on any atom is 0.325 e. The van der Waals surface area contributed by atoms with Gasteiger partial charge in [-0.3, -0.25) is 14.5 Å². The van der Waals surface area contributed by atoms with Crippen molar-refractivity contribution < 1.29 is 14.4 Å². The maximum atomic E-state index is 13.8. The number of carbonyl (C=O) groups is 3. The number of para-hydroxylation sites is 1. The number of rotatable bonds is 4. The second-order valence-electron chi connectivity index (χ2n) is 8.93. The average Bonchev–Trinajstić information content (AvgIpc) is 3.51. The zero-order valence-electron chi connectivity index (χ0n) is 18.7. The predicted molar refractivity (Wildman–Crippen MR) is 132 cm³/mol. The van der Waals surface area contributed by atoms with Gasteiger partial charge < -0.3 is 9.88 Å². The van der Waals surface area contributed by atoms with Crippen LogP contribution in [0.2, 0.25) is 0 Å². The summed E-state index contributed by atoms with van der Waals surface area (Å²) in [5, 5.41) is 5.72. The molecule has 1 unspecified atom stereocenters. The number of ketones is 1. The van der Waals surface area contributed by atoms with Crippen molar-refractivity contribution in [2.45, 2.75) is 24.8 Å². The third-order valence-corrected chi connectivity index (χ3v) is 8.05. The summed E-state index contributed by atoms with van der Waals surface area (Å²) in [6, 6.07) is 18.9. The van der Waals surface area contributed by atoms with Crippen LogP contribution in [0.15, 0.2) is 66.0 Å². The minimum Gasteiger partial charge on any atom is -0.343 e. The van der Waals surface area contributed by atoms with Crippen molar-refractivity contribution in [1.29, 1.82) is 0 Å². The van der Waals surface area contributed by atoms with Gasteiger partial charge in [-0.1, -0.05) is 48.5 Å². The van der Waals surface area contributed by atoms with Gasteiger partial charge in [-0.15, -0.1) is 11.3 Å². The lowest BCUT2D eigenvalue weighted by Gasteiger charge is -2.31. The van der Waals surface area contributed by atoms with Crippen LogP contribution >= 0.6 is 11.3 Å². The van der Waals surface area contributed by atoms with E-state index in [2.05, 4.69) is 5.32 Å². The monoisotopic (exact) mass is 469 g/mol. The van der Waals surface area contributed by atoms with E-state index in [0.29, 0.717) is 12.0 Å². The Morgan fingerprint density at radius 1 is 1.06 bits per heavy atom. The van der Waals surface area contributed by atoms with E-state index in [4.69, 9.17) is 0 Å². The van der Waals surface area contributed by atoms with Crippen molar-refractivity contribution >= 4 is 40.0 Å². The Kier molecular flexibility index (Phi) is 4.71. The molecule has 6 rings (SSSR count). The summed E-state index contributed by atoms with van der Waals surface area (Å²) in [6.07, 6.45) is 2.28. The highest BCUT2D eigenvalue weighted by Gasteiger charge is 2.54. The minimum absolute atomic E-state index is 0.252. The summed E-state index contributed by atoms with van der Waals surface area (Å²) >= 11 is 1.61. The molecule has 1 fully saturated rings. The Bertz CT molecular complexity index is 1470. The van der Waals surface area contributed by atoms with E-state index < -0.39 is 11.6 Å². The number of benzene rings is 2. The molecule has 2 aliphatic rings. The molecular weight excluding hydrogens is 446 g/mol. The third kappa shape index (κ3) is 2.90. The fraction of sp³-hybridized carbons (Fsp3) is 0.222. The Hall–Kier alpha value is -3.71. The first-order valence-corrected chi connectivity index (χ1v) is 12.3. The zero-order chi connectivity index (χ0) is 23.4. The summed E-state index contributed by atoms with van der Waals surface area (Å²) < 4.78 is 2.00. The number of urea groups is 1. The predicted octanol–water partition coefficient (Wildman–Crippen LogP) is 4.87. The summed E-state index contributed by atoms with van der Waals surface area (Å²) in [6.45, 7) is -0.292. The van der Waals surface area contributed by atoms with E-state index in [9.17, 15) is 14.4 Å². The summed E-state index contributed by atoms with van der Waals surface area (Å²) in [4.78, 5) is 42.7. The van der Waals surface area contributed by atoms with Crippen molar-refractivity contribution in [1.82, 2.24) is 14.8 Å². The number of hydrogen-bond acceptors (Lipinski definition) is 4. The van der Waals surface area contributed by atoms with Crippen molar-refractivity contribution in [2.75, 3.05) is 6.54 Å². The lowest BCUT2D eigenvalue weighted by atomic mass is 9.80. The molecule has 0 radical (unpaired) electrons. The number of nitrogens with one attached hydrogen (secondary N) is 1. The number of fused-ring (bicyclic) bond motifs is 3. The highest BCUT2D eigenvalue weighted by molar-refractivity contribution is 7.10. The number of thiophene rings is 1. The molecule has 170 valence electrons. The average molecular weight is 470 g/mol. The van der Waals surface area contributed by atoms with Crippen LogP contribution in [0.5, 0.6) is 0 Å². The Morgan fingerprint density at radius 3 is 2.65 bits per heavy atom. The molecule has 1 saturated heterocycles. The van der Waals surface area contributed by atoms with Crippen LogP contribution in [0.4, 0.5) is 4.79 Å². The number of amides is 3. The SMILES string of the molecule is Cn1c(-c2ccccc2)c(C(=O)CN2C(=O)NC3(CCCc4sccc43)C2=O)c2ccccc21. The van der Waals surface area contributed by atoms with E-state index in [1.165, 1.54) is 0 Å². The van der Waals surface area contributed by atoms with Crippen LogP contribution in [-0.4, -0.2) is 33.7 Å². The quantitative estimate of drug-likeness (QED) is 0.342. The van der Waals surface area contributed by atoms with Gasteiger partial charge in [0.25, 0.3) is 5.91 Å². The summed E-state index contributed by atoms with van der Waals surface area (Å²) in [5.74, 6) is -0.579. The largest absolute Gasteiger partial charge is 0.343 e. The molecular formula is C27H23N3O3S. The second kappa shape index (κ2) is 7.67. The fourth-order valence-electron chi connectivity index (χ4n) is 5.52. The molecule has 1 atom stereocenters. The van der Waals surface area contributed by atoms with Crippen LogP contribution in [0.3, 0.4) is 0 Å². The normalized spacial score (nSPS) is 19.6. The zero-order valence-corrected chi connectivity index (χ0v) is 19.5. The Labute approximate surface area is 200 Å². The van der Waals surface area contributed by atoms with Crippen LogP contribution in [-0.2, 0) is 23.8 Å². The number of imide groups is 1. The fourth-order valence-corrected chi connectivity index (χ4v) is 6.52. The van der Waals surface area contributed by atoms with Crippen LogP contribution in [0, 0.1) is 0 Å². The molecule has 1 aliphatic heterocycles. The van der Waals surface area contributed by atoms with Gasteiger partial charge in [-0.05, 0) is 42.3 Å². The second-order valence-corrected chi connectivity index (χ2v) is 9.93. The van der Waals surface area contributed by atoms with Gasteiger partial charge in [0.15, 0.2) is 5.78 Å². The molecule has 2 aromatic carbocycles. The molecule has 0 bridgehead atoms. The van der Waals surface area contributed by atoms with Crippen LogP contribution in [0.1, 0.15) is 33.6 Å². The van der Waals surface area contributed by atoms with Gasteiger partial charge in [0.05, 0.1) is 17.8 Å². The topological polar surface area (TPSA) is 71.4 Å². The molecule has 3 amide bonds. The standard InChI is InChI=1S/C27H23N3O3S/c1-29-20-11-6-5-10-18(20)23(24(29)17-8-3-2-4-9-17)21(31)16-30-25(32)27(28-26(30)33)14-7-12-22-19(27)13-15-34-22/h2-6,8-11,13,15H,7,12,14,16H2,1H3,(H,28,33). The molecule has 6 nitrogen and oxygen atoms in total. The summed E-state index contributed by atoms with van der Waals surface area (Å²) in [7, 11) is 1.93. The lowest BCUT2D eigenvalue weighted by molar-refractivity contribution is -0.131. The number of aryl methyl sites for hydroxylation is 2. The molecule has 1 spiro atoms. The van der Waals surface area contributed by atoms with Gasteiger partial charge in [-0.25, -0.2) is 4.79 Å². The molecule has 1 N–H and O–H groups in total. The molecule has 34 heavy (non-hydrogen) atoms.